The number of nitrogens with zero attached hydrogens (tertiary/aromatic N) is 3. The van der Waals surface area contributed by atoms with E-state index in [9.17, 15) is 9.59 Å². The Kier molecular flexibility index (Phi) is 4.34. The van der Waals surface area contributed by atoms with E-state index in [1.165, 1.54) is 4.90 Å². The summed E-state index contributed by atoms with van der Waals surface area (Å²) in [5.74, 6) is 0.0973. The molecule has 1 saturated heterocycles. The third-order valence-corrected chi connectivity index (χ3v) is 4.92. The van der Waals surface area contributed by atoms with Gasteiger partial charge in [-0.1, -0.05) is 30.3 Å². The largest absolute Gasteiger partial charge is 0.467 e. The van der Waals surface area contributed by atoms with Crippen molar-refractivity contribution in [1.82, 2.24) is 14.7 Å². The zero-order valence-corrected chi connectivity index (χ0v) is 14.7. The first-order valence-electron chi connectivity index (χ1n) is 8.77. The predicted molar refractivity (Wildman–Crippen MR) is 96.7 cm³/mol. The number of hydrogen-bond acceptors (Lipinski definition) is 5. The van der Waals surface area contributed by atoms with Crippen LogP contribution in [0.15, 0.2) is 58.8 Å². The number of furan rings is 1. The molecular formula is C20H21N3O3. The third kappa shape index (κ3) is 2.93. The Morgan fingerprint density at radius 2 is 1.65 bits per heavy atom. The number of likely N-dealkylation sites (N-methyl/N-ethyl adjacent to an activating group) is 1. The number of imide groups is 1. The van der Waals surface area contributed by atoms with Gasteiger partial charge in [0, 0.05) is 26.2 Å². The van der Waals surface area contributed by atoms with Gasteiger partial charge in [0.1, 0.15) is 11.5 Å². The summed E-state index contributed by atoms with van der Waals surface area (Å²) >= 11 is 0. The summed E-state index contributed by atoms with van der Waals surface area (Å²) in [5.41, 5.74) is 1.79. The third-order valence-electron chi connectivity index (χ3n) is 4.92. The molecule has 2 aliphatic heterocycles. The van der Waals surface area contributed by atoms with E-state index < -0.39 is 0 Å². The van der Waals surface area contributed by atoms with Crippen molar-refractivity contribution in [3.8, 4) is 0 Å². The number of amides is 2. The van der Waals surface area contributed by atoms with E-state index in [0.29, 0.717) is 17.0 Å². The van der Waals surface area contributed by atoms with Crippen LogP contribution in [0.3, 0.4) is 0 Å². The summed E-state index contributed by atoms with van der Waals surface area (Å²) in [6.45, 7) is 3.35. The van der Waals surface area contributed by atoms with Crippen molar-refractivity contribution in [2.24, 2.45) is 0 Å². The maximum atomic E-state index is 13.2. The molecule has 1 aromatic heterocycles. The first-order chi connectivity index (χ1) is 12.6. The molecule has 26 heavy (non-hydrogen) atoms. The van der Waals surface area contributed by atoms with E-state index in [4.69, 9.17) is 4.42 Å². The van der Waals surface area contributed by atoms with Gasteiger partial charge in [0.05, 0.1) is 18.4 Å². The Bertz CT molecular complexity index is 834. The molecular weight excluding hydrogens is 330 g/mol. The number of benzene rings is 1. The standard InChI is InChI=1S/C20H21N3O3/c1-21-9-11-22(12-10-21)18-17(15-6-3-2-4-7-15)19(24)23(20(18)25)14-16-8-5-13-26-16/h2-8,13H,9-12,14H2,1H3. The molecule has 2 aliphatic rings. The van der Waals surface area contributed by atoms with Crippen molar-refractivity contribution in [2.75, 3.05) is 33.2 Å². The lowest BCUT2D eigenvalue weighted by Gasteiger charge is -2.34. The fourth-order valence-electron chi connectivity index (χ4n) is 3.45. The van der Waals surface area contributed by atoms with Crippen molar-refractivity contribution in [2.45, 2.75) is 6.54 Å². The van der Waals surface area contributed by atoms with E-state index in [-0.39, 0.29) is 18.4 Å². The molecule has 0 unspecified atom stereocenters. The van der Waals surface area contributed by atoms with Crippen molar-refractivity contribution in [3.63, 3.8) is 0 Å². The molecule has 1 fully saturated rings. The maximum Gasteiger partial charge on any atom is 0.278 e. The minimum absolute atomic E-state index is 0.151. The van der Waals surface area contributed by atoms with Crippen LogP contribution in [0.25, 0.3) is 5.57 Å². The van der Waals surface area contributed by atoms with Crippen LogP contribution >= 0.6 is 0 Å². The van der Waals surface area contributed by atoms with Gasteiger partial charge in [-0.05, 0) is 24.7 Å². The fraction of sp³-hybridized carbons (Fsp3) is 0.300. The van der Waals surface area contributed by atoms with Crippen LogP contribution in [0.2, 0.25) is 0 Å². The van der Waals surface area contributed by atoms with E-state index in [1.807, 2.05) is 35.2 Å². The van der Waals surface area contributed by atoms with Crippen LogP contribution in [0.1, 0.15) is 11.3 Å². The Balaban J connectivity index is 1.72. The molecule has 4 rings (SSSR count). The van der Waals surface area contributed by atoms with Gasteiger partial charge in [0.2, 0.25) is 0 Å². The fourth-order valence-corrected chi connectivity index (χ4v) is 3.45. The van der Waals surface area contributed by atoms with Crippen LogP contribution in [0.4, 0.5) is 0 Å². The average Bonchev–Trinajstić information content (AvgIpc) is 3.25. The SMILES string of the molecule is CN1CCN(C2=C(c3ccccc3)C(=O)N(Cc3ccco3)C2=O)CC1. The number of carbonyl (C=O) groups is 2. The van der Waals surface area contributed by atoms with Crippen molar-refractivity contribution >= 4 is 17.4 Å². The Morgan fingerprint density at radius 3 is 2.31 bits per heavy atom. The molecule has 134 valence electrons. The first kappa shape index (κ1) is 16.6. The summed E-state index contributed by atoms with van der Waals surface area (Å²) in [6, 6.07) is 13.0. The quantitative estimate of drug-likeness (QED) is 0.787. The Labute approximate surface area is 152 Å². The minimum atomic E-state index is -0.258. The number of carbonyl (C=O) groups excluding carboxylic acids is 2. The van der Waals surface area contributed by atoms with Gasteiger partial charge >= 0.3 is 0 Å². The van der Waals surface area contributed by atoms with Gasteiger partial charge in [0.15, 0.2) is 0 Å². The van der Waals surface area contributed by atoms with Crippen LogP contribution in [-0.4, -0.2) is 59.7 Å². The van der Waals surface area contributed by atoms with Gasteiger partial charge < -0.3 is 14.2 Å². The molecule has 3 heterocycles. The van der Waals surface area contributed by atoms with E-state index in [1.54, 1.807) is 18.4 Å². The maximum absolute atomic E-state index is 13.2. The smallest absolute Gasteiger partial charge is 0.278 e. The number of piperazine rings is 1. The monoisotopic (exact) mass is 351 g/mol. The van der Waals surface area contributed by atoms with Crippen LogP contribution in [-0.2, 0) is 16.1 Å². The molecule has 6 heteroatoms. The molecule has 2 aromatic rings. The molecule has 0 atom stereocenters. The summed E-state index contributed by atoms with van der Waals surface area (Å²) < 4.78 is 5.34. The zero-order valence-electron chi connectivity index (χ0n) is 14.7. The molecule has 0 saturated carbocycles. The molecule has 2 amide bonds. The summed E-state index contributed by atoms with van der Waals surface area (Å²) in [5, 5.41) is 0. The van der Waals surface area contributed by atoms with Gasteiger partial charge in [-0.25, -0.2) is 0 Å². The Morgan fingerprint density at radius 1 is 0.923 bits per heavy atom. The second-order valence-electron chi connectivity index (χ2n) is 6.66. The first-order valence-corrected chi connectivity index (χ1v) is 8.77. The van der Waals surface area contributed by atoms with Crippen LogP contribution < -0.4 is 0 Å². The topological polar surface area (TPSA) is 57.0 Å². The highest BCUT2D eigenvalue weighted by atomic mass is 16.3. The highest BCUT2D eigenvalue weighted by Crippen LogP contribution is 2.33. The Hall–Kier alpha value is -2.86. The summed E-state index contributed by atoms with van der Waals surface area (Å²) in [6.07, 6.45) is 1.55. The second kappa shape index (κ2) is 6.80. The molecule has 0 aliphatic carbocycles. The van der Waals surface area contributed by atoms with Crippen molar-refractivity contribution < 1.29 is 14.0 Å². The normalized spacial score (nSPS) is 19.0. The van der Waals surface area contributed by atoms with Crippen LogP contribution in [0.5, 0.6) is 0 Å². The molecule has 0 radical (unpaired) electrons. The lowest BCUT2D eigenvalue weighted by atomic mass is 10.0. The van der Waals surface area contributed by atoms with Gasteiger partial charge in [-0.2, -0.15) is 0 Å². The lowest BCUT2D eigenvalue weighted by molar-refractivity contribution is -0.138. The van der Waals surface area contributed by atoms with Gasteiger partial charge in [-0.15, -0.1) is 0 Å². The van der Waals surface area contributed by atoms with Gasteiger partial charge in [-0.3, -0.25) is 14.5 Å². The van der Waals surface area contributed by atoms with Crippen molar-refractivity contribution in [1.29, 1.82) is 0 Å². The lowest BCUT2D eigenvalue weighted by Crippen LogP contribution is -2.45. The zero-order chi connectivity index (χ0) is 18.1. The van der Waals surface area contributed by atoms with E-state index in [2.05, 4.69) is 11.9 Å². The van der Waals surface area contributed by atoms with E-state index >= 15 is 0 Å². The second-order valence-corrected chi connectivity index (χ2v) is 6.66. The predicted octanol–water partition coefficient (Wildman–Crippen LogP) is 1.81. The van der Waals surface area contributed by atoms with Gasteiger partial charge in [0.25, 0.3) is 11.8 Å². The number of rotatable bonds is 4. The molecule has 0 N–H and O–H groups in total. The molecule has 0 bridgehead atoms. The van der Waals surface area contributed by atoms with Crippen LogP contribution in [0, 0.1) is 0 Å². The highest BCUT2D eigenvalue weighted by Gasteiger charge is 2.42. The molecule has 0 spiro atoms. The summed E-state index contributed by atoms with van der Waals surface area (Å²) in [7, 11) is 2.06. The molecule has 6 nitrogen and oxygen atoms in total. The average molecular weight is 351 g/mol. The molecule has 1 aromatic carbocycles. The number of hydrogen-bond donors (Lipinski definition) is 0. The van der Waals surface area contributed by atoms with Crippen molar-refractivity contribution in [3.05, 3.63) is 65.7 Å². The van der Waals surface area contributed by atoms with E-state index in [0.717, 1.165) is 31.7 Å². The summed E-state index contributed by atoms with van der Waals surface area (Å²) in [4.78, 5) is 31.8. The minimum Gasteiger partial charge on any atom is -0.467 e. The highest BCUT2D eigenvalue weighted by molar-refractivity contribution is 6.35.